The molecule has 1 aromatic carbocycles. The van der Waals surface area contributed by atoms with E-state index in [2.05, 4.69) is 4.99 Å². The Morgan fingerprint density at radius 1 is 1.22 bits per heavy atom. The molecule has 0 heterocycles. The van der Waals surface area contributed by atoms with Gasteiger partial charge in [0.15, 0.2) is 0 Å². The normalized spacial score (nSPS) is 13.9. The molecule has 0 fully saturated rings. The van der Waals surface area contributed by atoms with Crippen LogP contribution in [0.25, 0.3) is 5.57 Å². The molecule has 0 radical (unpaired) electrons. The van der Waals surface area contributed by atoms with Gasteiger partial charge in [-0.2, -0.15) is 0 Å². The molecule has 0 unspecified atom stereocenters. The number of hydrogen-bond acceptors (Lipinski definition) is 1. The van der Waals surface area contributed by atoms with E-state index in [0.29, 0.717) is 21.8 Å². The highest BCUT2D eigenvalue weighted by Crippen LogP contribution is 2.26. The van der Waals surface area contributed by atoms with Gasteiger partial charge in [-0.15, -0.1) is 0 Å². The number of rotatable bonds is 4. The predicted octanol–water partition coefficient (Wildman–Crippen LogP) is 5.52. The second-order valence-electron chi connectivity index (χ2n) is 3.62. The van der Waals surface area contributed by atoms with Gasteiger partial charge in [-0.05, 0) is 31.5 Å². The molecule has 0 bridgehead atoms. The maximum atomic E-state index is 6.19. The van der Waals surface area contributed by atoms with Crippen LogP contribution in [-0.4, -0.2) is 11.7 Å². The Morgan fingerprint density at radius 3 is 2.33 bits per heavy atom. The SMILES string of the molecule is CC=CCN=C(Cl)/C(=C(\C)Cl)c1ccc(Cl)cc1. The van der Waals surface area contributed by atoms with Crippen molar-refractivity contribution in [2.75, 3.05) is 6.54 Å². The fourth-order valence-corrected chi connectivity index (χ4v) is 2.09. The van der Waals surface area contributed by atoms with Crippen molar-refractivity contribution in [1.29, 1.82) is 0 Å². The molecule has 1 aromatic rings. The van der Waals surface area contributed by atoms with Gasteiger partial charge in [0.25, 0.3) is 0 Å². The van der Waals surface area contributed by atoms with Gasteiger partial charge < -0.3 is 0 Å². The Hall–Kier alpha value is -0.760. The van der Waals surface area contributed by atoms with Crippen LogP contribution in [0.5, 0.6) is 0 Å². The molecule has 0 amide bonds. The minimum Gasteiger partial charge on any atom is -0.268 e. The lowest BCUT2D eigenvalue weighted by atomic mass is 10.1. The number of benzene rings is 1. The number of hydrogen-bond donors (Lipinski definition) is 0. The van der Waals surface area contributed by atoms with Crippen molar-refractivity contribution < 1.29 is 0 Å². The first-order valence-corrected chi connectivity index (χ1v) is 6.63. The third kappa shape index (κ3) is 4.49. The van der Waals surface area contributed by atoms with E-state index >= 15 is 0 Å². The van der Waals surface area contributed by atoms with Crippen molar-refractivity contribution in [2.45, 2.75) is 13.8 Å². The lowest BCUT2D eigenvalue weighted by molar-refractivity contribution is 1.25. The number of nitrogens with zero attached hydrogens (tertiary/aromatic N) is 1. The number of halogens is 3. The summed E-state index contributed by atoms with van der Waals surface area (Å²) in [6.45, 7) is 4.27. The second-order valence-corrected chi connectivity index (χ2v) is 4.98. The van der Waals surface area contributed by atoms with Gasteiger partial charge in [-0.3, -0.25) is 4.99 Å². The van der Waals surface area contributed by atoms with E-state index in [1.807, 2.05) is 31.2 Å². The fourth-order valence-electron chi connectivity index (χ4n) is 1.39. The van der Waals surface area contributed by atoms with Crippen LogP contribution in [0, 0.1) is 0 Å². The van der Waals surface area contributed by atoms with Gasteiger partial charge in [0.1, 0.15) is 5.17 Å². The highest BCUT2D eigenvalue weighted by Gasteiger charge is 2.10. The van der Waals surface area contributed by atoms with Crippen LogP contribution in [0.1, 0.15) is 19.4 Å². The summed E-state index contributed by atoms with van der Waals surface area (Å²) in [5.74, 6) is 0. The molecule has 0 saturated heterocycles. The minimum atomic E-state index is 0.405. The van der Waals surface area contributed by atoms with Crippen molar-refractivity contribution in [3.8, 4) is 0 Å². The molecule has 4 heteroatoms. The Balaban J connectivity index is 3.09. The van der Waals surface area contributed by atoms with E-state index in [4.69, 9.17) is 34.8 Å². The van der Waals surface area contributed by atoms with E-state index in [1.54, 1.807) is 19.1 Å². The maximum absolute atomic E-state index is 6.19. The molecule has 1 rings (SSSR count). The van der Waals surface area contributed by atoms with Crippen molar-refractivity contribution in [3.05, 3.63) is 52.0 Å². The predicted molar refractivity (Wildman–Crippen MR) is 82.9 cm³/mol. The summed E-state index contributed by atoms with van der Waals surface area (Å²) in [7, 11) is 0. The maximum Gasteiger partial charge on any atom is 0.132 e. The molecule has 0 aliphatic carbocycles. The first-order valence-electron chi connectivity index (χ1n) is 5.50. The Labute approximate surface area is 123 Å². The summed E-state index contributed by atoms with van der Waals surface area (Å²) in [5.41, 5.74) is 1.64. The van der Waals surface area contributed by atoms with Crippen LogP contribution in [0.3, 0.4) is 0 Å². The lowest BCUT2D eigenvalue weighted by Crippen LogP contribution is -1.97. The van der Waals surface area contributed by atoms with Gasteiger partial charge in [0.2, 0.25) is 0 Å². The summed E-state index contributed by atoms with van der Waals surface area (Å²) in [6.07, 6.45) is 3.85. The smallest absolute Gasteiger partial charge is 0.132 e. The second kappa shape index (κ2) is 7.63. The Bertz CT molecular complexity index is 480. The summed E-state index contributed by atoms with van der Waals surface area (Å²) in [5, 5.41) is 1.68. The molecule has 0 spiro atoms. The topological polar surface area (TPSA) is 12.4 Å². The largest absolute Gasteiger partial charge is 0.268 e. The van der Waals surface area contributed by atoms with Crippen LogP contribution in [0.15, 0.2) is 46.4 Å². The van der Waals surface area contributed by atoms with E-state index in [9.17, 15) is 0 Å². The van der Waals surface area contributed by atoms with Gasteiger partial charge >= 0.3 is 0 Å². The molecule has 18 heavy (non-hydrogen) atoms. The highest BCUT2D eigenvalue weighted by atomic mass is 35.5. The van der Waals surface area contributed by atoms with E-state index < -0.39 is 0 Å². The fraction of sp³-hybridized carbons (Fsp3) is 0.214. The van der Waals surface area contributed by atoms with Gasteiger partial charge in [-0.25, -0.2) is 0 Å². The molecule has 0 atom stereocenters. The molecular formula is C14H14Cl3N. The quantitative estimate of drug-likeness (QED) is 0.513. The molecule has 1 nitrogen and oxygen atoms in total. The zero-order chi connectivity index (χ0) is 13.5. The van der Waals surface area contributed by atoms with Gasteiger partial charge in [0.05, 0.1) is 6.54 Å². The van der Waals surface area contributed by atoms with Crippen molar-refractivity contribution >= 4 is 45.5 Å². The first kappa shape index (κ1) is 15.3. The molecule has 0 N–H and O–H groups in total. The average molecular weight is 303 g/mol. The standard InChI is InChI=1S/C14H14Cl3N/c1-3-4-9-18-14(17)13(10(2)15)11-5-7-12(16)8-6-11/h3-8H,9H2,1-2H3/b4-3?,13-10+,18-14?. The van der Waals surface area contributed by atoms with Gasteiger partial charge in [0, 0.05) is 15.6 Å². The molecule has 0 aliphatic heterocycles. The molecule has 0 saturated carbocycles. The molecule has 0 aromatic heterocycles. The van der Waals surface area contributed by atoms with Crippen LogP contribution in [0.4, 0.5) is 0 Å². The zero-order valence-corrected chi connectivity index (χ0v) is 12.5. The van der Waals surface area contributed by atoms with Crippen LogP contribution < -0.4 is 0 Å². The molecule has 0 aliphatic rings. The van der Waals surface area contributed by atoms with E-state index in [0.717, 1.165) is 11.1 Å². The summed E-state index contributed by atoms with van der Waals surface area (Å²) in [6, 6.07) is 7.34. The van der Waals surface area contributed by atoms with Crippen LogP contribution >= 0.6 is 34.8 Å². The Kier molecular flexibility index (Phi) is 6.48. The number of allylic oxidation sites excluding steroid dienone is 3. The monoisotopic (exact) mass is 301 g/mol. The zero-order valence-electron chi connectivity index (χ0n) is 10.3. The summed E-state index contributed by atoms with van der Waals surface area (Å²) in [4.78, 5) is 4.25. The third-order valence-corrected chi connectivity index (χ3v) is 3.00. The average Bonchev–Trinajstić information content (AvgIpc) is 2.32. The van der Waals surface area contributed by atoms with Crippen LogP contribution in [0.2, 0.25) is 5.02 Å². The first-order chi connectivity index (χ1) is 8.56. The summed E-state index contributed by atoms with van der Waals surface area (Å²) >= 11 is 18.1. The molecular weight excluding hydrogens is 289 g/mol. The van der Waals surface area contributed by atoms with E-state index in [-0.39, 0.29) is 0 Å². The summed E-state index contributed by atoms with van der Waals surface area (Å²) < 4.78 is 0. The van der Waals surface area contributed by atoms with Crippen molar-refractivity contribution in [3.63, 3.8) is 0 Å². The van der Waals surface area contributed by atoms with Crippen LogP contribution in [-0.2, 0) is 0 Å². The van der Waals surface area contributed by atoms with Crippen molar-refractivity contribution in [1.82, 2.24) is 0 Å². The minimum absolute atomic E-state index is 0.405. The lowest BCUT2D eigenvalue weighted by Gasteiger charge is -2.07. The number of aliphatic imine (C=N–C) groups is 1. The third-order valence-electron chi connectivity index (χ3n) is 2.25. The van der Waals surface area contributed by atoms with E-state index in [1.165, 1.54) is 0 Å². The highest BCUT2D eigenvalue weighted by molar-refractivity contribution is 6.77. The van der Waals surface area contributed by atoms with Crippen molar-refractivity contribution in [2.24, 2.45) is 4.99 Å². The molecule has 96 valence electrons. The Morgan fingerprint density at radius 2 is 1.83 bits per heavy atom. The van der Waals surface area contributed by atoms with Gasteiger partial charge in [-0.1, -0.05) is 59.1 Å².